The molecule has 0 saturated heterocycles. The summed E-state index contributed by atoms with van der Waals surface area (Å²) in [6, 6.07) is 7.54. The van der Waals surface area contributed by atoms with Gasteiger partial charge >= 0.3 is 0 Å². The SMILES string of the molecule is COc1ccc(CNC(=O)CSc2nnc(C)o2)cc1. The Morgan fingerprint density at radius 1 is 1.35 bits per heavy atom. The molecule has 0 bridgehead atoms. The Morgan fingerprint density at radius 3 is 2.70 bits per heavy atom. The van der Waals surface area contributed by atoms with Gasteiger partial charge in [-0.1, -0.05) is 23.9 Å². The molecule has 0 fully saturated rings. The number of carbonyl (C=O) groups is 1. The van der Waals surface area contributed by atoms with Gasteiger partial charge in [-0.15, -0.1) is 10.2 Å². The minimum atomic E-state index is -0.0818. The first-order valence-corrected chi connectivity index (χ1v) is 6.98. The van der Waals surface area contributed by atoms with Crippen LogP contribution in [-0.2, 0) is 11.3 Å². The number of hydrogen-bond acceptors (Lipinski definition) is 6. The zero-order chi connectivity index (χ0) is 14.4. The molecular formula is C13H15N3O3S. The minimum absolute atomic E-state index is 0.0818. The van der Waals surface area contributed by atoms with Gasteiger partial charge in [0.15, 0.2) is 0 Å². The largest absolute Gasteiger partial charge is 0.497 e. The second kappa shape index (κ2) is 6.95. The number of nitrogens with zero attached hydrogens (tertiary/aromatic N) is 2. The van der Waals surface area contributed by atoms with E-state index in [0.717, 1.165) is 11.3 Å². The number of aromatic nitrogens is 2. The number of methoxy groups -OCH3 is 1. The highest BCUT2D eigenvalue weighted by Crippen LogP contribution is 2.15. The molecule has 2 aromatic rings. The standard InChI is InChI=1S/C13H15N3O3S/c1-9-15-16-13(19-9)20-8-12(17)14-7-10-3-5-11(18-2)6-4-10/h3-6H,7-8H2,1-2H3,(H,14,17). The highest BCUT2D eigenvalue weighted by molar-refractivity contribution is 7.99. The summed E-state index contributed by atoms with van der Waals surface area (Å²) < 4.78 is 10.2. The second-order valence-electron chi connectivity index (χ2n) is 4.00. The summed E-state index contributed by atoms with van der Waals surface area (Å²) in [6.45, 7) is 2.19. The molecule has 7 heteroatoms. The monoisotopic (exact) mass is 293 g/mol. The fourth-order valence-corrected chi connectivity index (χ4v) is 2.09. The molecule has 20 heavy (non-hydrogen) atoms. The van der Waals surface area contributed by atoms with Gasteiger partial charge in [-0.05, 0) is 17.7 Å². The number of hydrogen-bond donors (Lipinski definition) is 1. The Kier molecular flexibility index (Phi) is 5.00. The first kappa shape index (κ1) is 14.4. The third kappa shape index (κ3) is 4.27. The van der Waals surface area contributed by atoms with Gasteiger partial charge < -0.3 is 14.5 Å². The van der Waals surface area contributed by atoms with Crippen LogP contribution < -0.4 is 10.1 Å². The van der Waals surface area contributed by atoms with Crippen LogP contribution >= 0.6 is 11.8 Å². The number of aryl methyl sites for hydroxylation is 1. The maximum atomic E-state index is 11.7. The highest BCUT2D eigenvalue weighted by atomic mass is 32.2. The zero-order valence-corrected chi connectivity index (χ0v) is 12.1. The Labute approximate surface area is 120 Å². The molecule has 0 saturated carbocycles. The van der Waals surface area contributed by atoms with E-state index in [1.807, 2.05) is 24.3 Å². The third-order valence-corrected chi connectivity index (χ3v) is 3.30. The van der Waals surface area contributed by atoms with E-state index in [-0.39, 0.29) is 11.7 Å². The summed E-state index contributed by atoms with van der Waals surface area (Å²) in [5, 5.41) is 10.7. The molecule has 0 aliphatic carbocycles. The van der Waals surface area contributed by atoms with E-state index in [1.54, 1.807) is 14.0 Å². The zero-order valence-electron chi connectivity index (χ0n) is 11.3. The van der Waals surface area contributed by atoms with Gasteiger partial charge in [0, 0.05) is 13.5 Å². The molecular weight excluding hydrogens is 278 g/mol. The number of benzene rings is 1. The van der Waals surface area contributed by atoms with E-state index in [9.17, 15) is 4.79 Å². The molecule has 0 radical (unpaired) electrons. The molecule has 0 aliphatic rings. The van der Waals surface area contributed by atoms with Crippen molar-refractivity contribution in [3.63, 3.8) is 0 Å². The molecule has 1 N–H and O–H groups in total. The van der Waals surface area contributed by atoms with Crippen molar-refractivity contribution in [1.29, 1.82) is 0 Å². The highest BCUT2D eigenvalue weighted by Gasteiger charge is 2.07. The van der Waals surface area contributed by atoms with E-state index in [2.05, 4.69) is 15.5 Å². The Morgan fingerprint density at radius 2 is 2.10 bits per heavy atom. The minimum Gasteiger partial charge on any atom is -0.497 e. The van der Waals surface area contributed by atoms with Crippen molar-refractivity contribution in [1.82, 2.24) is 15.5 Å². The van der Waals surface area contributed by atoms with Crippen molar-refractivity contribution in [2.75, 3.05) is 12.9 Å². The number of nitrogens with one attached hydrogen (secondary N) is 1. The summed E-state index contributed by atoms with van der Waals surface area (Å²) >= 11 is 1.22. The number of carbonyl (C=O) groups excluding carboxylic acids is 1. The van der Waals surface area contributed by atoms with Crippen LogP contribution in [0.1, 0.15) is 11.5 Å². The Balaban J connectivity index is 1.74. The van der Waals surface area contributed by atoms with Crippen LogP contribution in [0.5, 0.6) is 5.75 Å². The predicted octanol–water partition coefficient (Wildman–Crippen LogP) is 1.80. The molecule has 1 amide bonds. The molecule has 0 unspecified atom stereocenters. The molecule has 6 nitrogen and oxygen atoms in total. The first-order valence-electron chi connectivity index (χ1n) is 6.00. The first-order chi connectivity index (χ1) is 9.67. The lowest BCUT2D eigenvalue weighted by Crippen LogP contribution is -2.24. The van der Waals surface area contributed by atoms with E-state index in [4.69, 9.17) is 9.15 Å². The lowest BCUT2D eigenvalue weighted by molar-refractivity contribution is -0.118. The molecule has 1 aromatic heterocycles. The van der Waals surface area contributed by atoms with Gasteiger partial charge in [0.1, 0.15) is 5.75 Å². The summed E-state index contributed by atoms with van der Waals surface area (Å²) in [5.74, 6) is 1.45. The smallest absolute Gasteiger partial charge is 0.277 e. The molecule has 0 aliphatic heterocycles. The number of amides is 1. The van der Waals surface area contributed by atoms with Crippen LogP contribution in [0.4, 0.5) is 0 Å². The molecule has 0 spiro atoms. The van der Waals surface area contributed by atoms with Gasteiger partial charge in [0.05, 0.1) is 12.9 Å². The summed E-state index contributed by atoms with van der Waals surface area (Å²) in [7, 11) is 1.62. The fourth-order valence-electron chi connectivity index (χ4n) is 1.46. The molecule has 106 valence electrons. The van der Waals surface area contributed by atoms with Crippen molar-refractivity contribution in [2.45, 2.75) is 18.7 Å². The summed E-state index contributed by atoms with van der Waals surface area (Å²) in [4.78, 5) is 11.7. The van der Waals surface area contributed by atoms with Crippen molar-refractivity contribution in [3.8, 4) is 5.75 Å². The predicted molar refractivity (Wildman–Crippen MR) is 74.6 cm³/mol. The second-order valence-corrected chi connectivity index (χ2v) is 4.93. The maximum absolute atomic E-state index is 11.7. The van der Waals surface area contributed by atoms with Gasteiger partial charge in [-0.2, -0.15) is 0 Å². The lowest BCUT2D eigenvalue weighted by atomic mass is 10.2. The van der Waals surface area contributed by atoms with Crippen LogP contribution in [0.25, 0.3) is 0 Å². The average Bonchev–Trinajstić information content (AvgIpc) is 2.89. The summed E-state index contributed by atoms with van der Waals surface area (Å²) in [5.41, 5.74) is 1.01. The van der Waals surface area contributed by atoms with Crippen molar-refractivity contribution in [2.24, 2.45) is 0 Å². The molecule has 0 atom stereocenters. The molecule has 1 aromatic carbocycles. The quantitative estimate of drug-likeness (QED) is 0.818. The average molecular weight is 293 g/mol. The van der Waals surface area contributed by atoms with Crippen LogP contribution in [0.2, 0.25) is 0 Å². The normalized spacial score (nSPS) is 10.3. The van der Waals surface area contributed by atoms with Crippen molar-refractivity contribution in [3.05, 3.63) is 35.7 Å². The molecule has 1 heterocycles. The number of ether oxygens (including phenoxy) is 1. The summed E-state index contributed by atoms with van der Waals surface area (Å²) in [6.07, 6.45) is 0. The third-order valence-electron chi connectivity index (χ3n) is 2.48. The topological polar surface area (TPSA) is 77.2 Å². The van der Waals surface area contributed by atoms with Crippen LogP contribution in [0, 0.1) is 6.92 Å². The van der Waals surface area contributed by atoms with E-state index < -0.39 is 0 Å². The van der Waals surface area contributed by atoms with Crippen LogP contribution in [-0.4, -0.2) is 29.0 Å². The van der Waals surface area contributed by atoms with Crippen molar-refractivity contribution >= 4 is 17.7 Å². The Bertz CT molecular complexity index is 568. The van der Waals surface area contributed by atoms with E-state index in [1.165, 1.54) is 11.8 Å². The van der Waals surface area contributed by atoms with E-state index >= 15 is 0 Å². The van der Waals surface area contributed by atoms with Gasteiger partial charge in [0.25, 0.3) is 5.22 Å². The van der Waals surface area contributed by atoms with E-state index in [0.29, 0.717) is 17.7 Å². The maximum Gasteiger partial charge on any atom is 0.277 e. The number of rotatable bonds is 6. The Hall–Kier alpha value is -2.02. The van der Waals surface area contributed by atoms with Gasteiger partial charge in [0.2, 0.25) is 11.8 Å². The lowest BCUT2D eigenvalue weighted by Gasteiger charge is -2.05. The van der Waals surface area contributed by atoms with Gasteiger partial charge in [-0.25, -0.2) is 0 Å². The van der Waals surface area contributed by atoms with Crippen molar-refractivity contribution < 1.29 is 13.9 Å². The van der Waals surface area contributed by atoms with Gasteiger partial charge in [-0.3, -0.25) is 4.79 Å². The fraction of sp³-hybridized carbons (Fsp3) is 0.308. The van der Waals surface area contributed by atoms with Crippen LogP contribution in [0.3, 0.4) is 0 Å². The van der Waals surface area contributed by atoms with Crippen LogP contribution in [0.15, 0.2) is 33.9 Å². The number of thioether (sulfide) groups is 1. The molecule has 2 rings (SSSR count).